The topological polar surface area (TPSA) is 52.9 Å². The Labute approximate surface area is 325 Å². The molecule has 0 saturated heterocycles. The van der Waals surface area contributed by atoms with Crippen molar-refractivity contribution < 1.29 is 0 Å². The van der Waals surface area contributed by atoms with Crippen molar-refractivity contribution in [3.8, 4) is 34.4 Å². The molecule has 0 fully saturated rings. The lowest BCUT2D eigenvalue weighted by Gasteiger charge is -2.15. The van der Waals surface area contributed by atoms with E-state index in [4.69, 9.17) is 15.0 Å². The van der Waals surface area contributed by atoms with E-state index in [0.29, 0.717) is 17.7 Å². The van der Waals surface area contributed by atoms with Crippen molar-refractivity contribution in [1.82, 2.24) is 28.5 Å². The maximum absolute atomic E-state index is 5.43. The van der Waals surface area contributed by atoms with E-state index in [2.05, 4.69) is 196 Å². The van der Waals surface area contributed by atoms with Crippen LogP contribution in [-0.4, -0.2) is 28.5 Å². The highest BCUT2D eigenvalue weighted by Crippen LogP contribution is 2.44. The second-order valence-electron chi connectivity index (χ2n) is 14.8. The normalized spacial score (nSPS) is 12.2. The number of aromatic nitrogens is 6. The molecule has 0 atom stereocenters. The van der Waals surface area contributed by atoms with Gasteiger partial charge in [0.1, 0.15) is 0 Å². The highest BCUT2D eigenvalue weighted by molar-refractivity contribution is 6.26. The molecule has 0 aliphatic heterocycles. The standard InChI is InChI=1S/C51H30N6/c1-2-21-39(31(15-1)37-22-14-30-46-47(37)40-24-13-23-38-36-20-7-8-25-41(36)55(46)48(38)40)49-52-50(56-42-26-9-3-16-32(42)33-17-4-10-27-43(33)56)54-51(53-49)57-44-28-11-5-18-34(44)35-19-6-12-29-45(35)57/h1-30H. The van der Waals surface area contributed by atoms with Crippen LogP contribution < -0.4 is 0 Å². The maximum atomic E-state index is 5.43. The number of rotatable bonds is 4. The molecule has 0 unspecified atom stereocenters. The van der Waals surface area contributed by atoms with Crippen LogP contribution in [0.2, 0.25) is 0 Å². The van der Waals surface area contributed by atoms with E-state index >= 15 is 0 Å². The molecule has 0 aliphatic carbocycles. The predicted molar refractivity (Wildman–Crippen MR) is 234 cm³/mol. The quantitative estimate of drug-likeness (QED) is 0.181. The van der Waals surface area contributed by atoms with E-state index in [1.54, 1.807) is 0 Å². The van der Waals surface area contributed by atoms with Gasteiger partial charge in [0.15, 0.2) is 5.82 Å². The van der Waals surface area contributed by atoms with Crippen molar-refractivity contribution in [3.05, 3.63) is 182 Å². The molecule has 264 valence electrons. The van der Waals surface area contributed by atoms with Crippen molar-refractivity contribution in [2.45, 2.75) is 0 Å². The van der Waals surface area contributed by atoms with Gasteiger partial charge < -0.3 is 4.40 Å². The summed E-state index contributed by atoms with van der Waals surface area (Å²) in [5.74, 6) is 1.73. The molecule has 13 aromatic rings. The largest absolute Gasteiger partial charge is 0.308 e. The fraction of sp³-hybridized carbons (Fsp3) is 0. The molecule has 0 N–H and O–H groups in total. The summed E-state index contributed by atoms with van der Waals surface area (Å²) in [6.45, 7) is 0. The van der Waals surface area contributed by atoms with Crippen LogP contribution in [0.4, 0.5) is 0 Å². The maximum Gasteiger partial charge on any atom is 0.240 e. The van der Waals surface area contributed by atoms with Gasteiger partial charge in [-0.15, -0.1) is 0 Å². The van der Waals surface area contributed by atoms with Crippen LogP contribution in [0.3, 0.4) is 0 Å². The summed E-state index contributed by atoms with van der Waals surface area (Å²) in [6.07, 6.45) is 0. The van der Waals surface area contributed by atoms with Crippen LogP contribution in [0, 0.1) is 0 Å². The van der Waals surface area contributed by atoms with E-state index in [9.17, 15) is 0 Å². The van der Waals surface area contributed by atoms with Crippen LogP contribution >= 0.6 is 0 Å². The number of nitrogens with zero attached hydrogens (tertiary/aromatic N) is 6. The molecule has 0 amide bonds. The summed E-state index contributed by atoms with van der Waals surface area (Å²) in [7, 11) is 0. The Kier molecular flexibility index (Phi) is 6.07. The number of fused-ring (bicyclic) bond motifs is 12. The predicted octanol–water partition coefficient (Wildman–Crippen LogP) is 12.5. The molecular formula is C51H30N6. The zero-order valence-electron chi connectivity index (χ0n) is 30.5. The minimum absolute atomic E-state index is 0.564. The Morgan fingerprint density at radius 3 is 1.23 bits per heavy atom. The van der Waals surface area contributed by atoms with Crippen molar-refractivity contribution in [3.63, 3.8) is 0 Å². The third-order valence-corrected chi connectivity index (χ3v) is 11.9. The first-order chi connectivity index (χ1) is 28.3. The van der Waals surface area contributed by atoms with E-state index in [0.717, 1.165) is 60.3 Å². The number of hydrogen-bond donors (Lipinski definition) is 0. The van der Waals surface area contributed by atoms with E-state index < -0.39 is 0 Å². The molecule has 0 saturated carbocycles. The average molecular weight is 727 g/mol. The third-order valence-electron chi connectivity index (χ3n) is 11.9. The van der Waals surface area contributed by atoms with Gasteiger partial charge in [-0.1, -0.05) is 146 Å². The van der Waals surface area contributed by atoms with Crippen LogP contribution in [0.5, 0.6) is 0 Å². The first-order valence-corrected chi connectivity index (χ1v) is 19.3. The second kappa shape index (κ2) is 11.4. The summed E-state index contributed by atoms with van der Waals surface area (Å²) >= 11 is 0. The minimum Gasteiger partial charge on any atom is -0.308 e. The van der Waals surface area contributed by atoms with Crippen molar-refractivity contribution in [1.29, 1.82) is 0 Å². The Hall–Kier alpha value is -7.83. The van der Waals surface area contributed by atoms with Crippen LogP contribution in [0.25, 0.3) is 116 Å². The fourth-order valence-corrected chi connectivity index (χ4v) is 9.57. The van der Waals surface area contributed by atoms with Crippen LogP contribution in [-0.2, 0) is 0 Å². The first kappa shape index (κ1) is 30.5. The highest BCUT2D eigenvalue weighted by Gasteiger charge is 2.24. The Bertz CT molecular complexity index is 3530. The van der Waals surface area contributed by atoms with Gasteiger partial charge in [-0.2, -0.15) is 15.0 Å². The molecule has 0 aliphatic rings. The third kappa shape index (κ3) is 4.10. The zero-order valence-corrected chi connectivity index (χ0v) is 30.5. The molecule has 6 heteroatoms. The van der Waals surface area contributed by atoms with E-state index in [-0.39, 0.29) is 0 Å². The second-order valence-corrected chi connectivity index (χ2v) is 14.8. The van der Waals surface area contributed by atoms with Gasteiger partial charge in [0.2, 0.25) is 11.9 Å². The molecule has 0 radical (unpaired) electrons. The molecule has 8 aromatic carbocycles. The van der Waals surface area contributed by atoms with Crippen LogP contribution in [0.1, 0.15) is 0 Å². The van der Waals surface area contributed by atoms with E-state index in [1.807, 2.05) is 0 Å². The number of benzene rings is 8. The Morgan fingerprint density at radius 1 is 0.281 bits per heavy atom. The van der Waals surface area contributed by atoms with Gasteiger partial charge in [-0.25, -0.2) is 0 Å². The Morgan fingerprint density at radius 2 is 0.667 bits per heavy atom. The van der Waals surface area contributed by atoms with Crippen molar-refractivity contribution >= 4 is 81.7 Å². The van der Waals surface area contributed by atoms with Gasteiger partial charge in [-0.3, -0.25) is 9.13 Å². The summed E-state index contributed by atoms with van der Waals surface area (Å²) < 4.78 is 6.81. The smallest absolute Gasteiger partial charge is 0.240 e. The number of para-hydroxylation sites is 6. The lowest BCUT2D eigenvalue weighted by atomic mass is 9.94. The van der Waals surface area contributed by atoms with Gasteiger partial charge in [0.25, 0.3) is 0 Å². The van der Waals surface area contributed by atoms with Gasteiger partial charge in [-0.05, 0) is 47.5 Å². The fourth-order valence-electron chi connectivity index (χ4n) is 9.57. The molecule has 6 nitrogen and oxygen atoms in total. The minimum atomic E-state index is 0.564. The molecule has 5 heterocycles. The molecule has 0 spiro atoms. The molecule has 5 aromatic heterocycles. The highest BCUT2D eigenvalue weighted by atomic mass is 15.3. The number of hydrogen-bond acceptors (Lipinski definition) is 3. The summed E-state index contributed by atoms with van der Waals surface area (Å²) in [6, 6.07) is 64.7. The molecular weight excluding hydrogens is 697 g/mol. The van der Waals surface area contributed by atoms with Gasteiger partial charge in [0, 0.05) is 48.7 Å². The SMILES string of the molecule is c1ccc(-c2cccc3c2c2cccc4c5ccccc5n3c42)c(-c2nc(-n3c4ccccc4c4ccccc43)nc(-n3c4ccccc4c4ccccc43)n2)c1. The summed E-state index contributed by atoms with van der Waals surface area (Å²) in [4.78, 5) is 16.2. The van der Waals surface area contributed by atoms with Crippen molar-refractivity contribution in [2.75, 3.05) is 0 Å². The monoisotopic (exact) mass is 726 g/mol. The lowest BCUT2D eigenvalue weighted by molar-refractivity contribution is 0.893. The van der Waals surface area contributed by atoms with E-state index in [1.165, 1.54) is 38.1 Å². The average Bonchev–Trinajstić information content (AvgIpc) is 4.01. The molecule has 13 rings (SSSR count). The lowest BCUT2D eigenvalue weighted by Crippen LogP contribution is -2.10. The van der Waals surface area contributed by atoms with Crippen molar-refractivity contribution in [2.24, 2.45) is 0 Å². The first-order valence-electron chi connectivity index (χ1n) is 19.3. The van der Waals surface area contributed by atoms with Gasteiger partial charge in [0.05, 0.1) is 38.6 Å². The zero-order chi connectivity index (χ0) is 37.2. The molecule has 0 bridgehead atoms. The van der Waals surface area contributed by atoms with Crippen LogP contribution in [0.15, 0.2) is 182 Å². The Balaban J connectivity index is 1.14. The molecule has 57 heavy (non-hydrogen) atoms. The summed E-state index contributed by atoms with van der Waals surface area (Å²) in [5, 5.41) is 9.60. The van der Waals surface area contributed by atoms with Gasteiger partial charge >= 0.3 is 0 Å². The summed E-state index contributed by atoms with van der Waals surface area (Å²) in [5.41, 5.74) is 11.0.